The molecule has 1 rings (SSSR count). The van der Waals surface area contributed by atoms with Gasteiger partial charge >= 0.3 is 12.6 Å². The molecule has 0 aliphatic rings. The molecule has 0 bridgehead atoms. The number of hydrogen-bond donors (Lipinski definition) is 1. The lowest BCUT2D eigenvalue weighted by Crippen LogP contribution is -2.23. The van der Waals surface area contributed by atoms with Crippen LogP contribution in [0.4, 0.5) is 8.78 Å². The summed E-state index contributed by atoms with van der Waals surface area (Å²) < 4.78 is 29.0. The first-order valence-electron chi connectivity index (χ1n) is 5.33. The molecule has 0 saturated heterocycles. The summed E-state index contributed by atoms with van der Waals surface area (Å²) in [6.07, 6.45) is -0.184. The number of aliphatic carboxylic acids is 1. The molecule has 0 heterocycles. The highest BCUT2D eigenvalue weighted by Gasteiger charge is 2.22. The lowest BCUT2D eigenvalue weighted by Gasteiger charge is -2.25. The maximum absolute atomic E-state index is 12.3. The quantitative estimate of drug-likeness (QED) is 0.852. The zero-order valence-corrected chi connectivity index (χ0v) is 10.1. The Bertz CT molecular complexity index is 410. The maximum atomic E-state index is 12.3. The van der Waals surface area contributed by atoms with Gasteiger partial charge in [0.25, 0.3) is 0 Å². The van der Waals surface area contributed by atoms with Crippen LogP contribution in [-0.2, 0) is 4.79 Å². The predicted octanol–water partition coefficient (Wildman–Crippen LogP) is 2.37. The minimum atomic E-state index is -2.93. The number of ether oxygens (including phenoxy) is 1. The molecule has 0 aliphatic heterocycles. The van der Waals surface area contributed by atoms with Crippen LogP contribution in [0.2, 0.25) is 0 Å². The van der Waals surface area contributed by atoms with Crippen molar-refractivity contribution in [2.45, 2.75) is 19.1 Å². The van der Waals surface area contributed by atoms with Crippen molar-refractivity contribution in [1.82, 2.24) is 4.90 Å². The van der Waals surface area contributed by atoms with E-state index >= 15 is 0 Å². The van der Waals surface area contributed by atoms with E-state index in [1.165, 1.54) is 6.07 Å². The highest BCUT2D eigenvalue weighted by atomic mass is 19.3. The van der Waals surface area contributed by atoms with Gasteiger partial charge < -0.3 is 14.7 Å². The number of rotatable bonds is 6. The van der Waals surface area contributed by atoms with Crippen molar-refractivity contribution in [3.63, 3.8) is 0 Å². The molecule has 18 heavy (non-hydrogen) atoms. The molecule has 0 spiro atoms. The van der Waals surface area contributed by atoms with E-state index in [0.29, 0.717) is 5.56 Å². The van der Waals surface area contributed by atoms with Gasteiger partial charge in [0.2, 0.25) is 0 Å². The summed E-state index contributed by atoms with van der Waals surface area (Å²) in [5.74, 6) is -0.993. The summed E-state index contributed by atoms with van der Waals surface area (Å²) in [5.41, 5.74) is 0.435. The number of benzene rings is 1. The third-order valence-corrected chi connectivity index (χ3v) is 2.49. The summed E-state index contributed by atoms with van der Waals surface area (Å²) >= 11 is 0. The highest BCUT2D eigenvalue weighted by molar-refractivity contribution is 5.68. The largest absolute Gasteiger partial charge is 0.481 e. The van der Waals surface area contributed by atoms with Gasteiger partial charge in [0.15, 0.2) is 0 Å². The molecule has 0 radical (unpaired) electrons. The molecule has 0 amide bonds. The number of para-hydroxylation sites is 1. The highest BCUT2D eigenvalue weighted by Crippen LogP contribution is 2.31. The second kappa shape index (κ2) is 6.30. The van der Waals surface area contributed by atoms with Crippen molar-refractivity contribution >= 4 is 5.97 Å². The van der Waals surface area contributed by atoms with Gasteiger partial charge in [-0.15, -0.1) is 0 Å². The van der Waals surface area contributed by atoms with Crippen LogP contribution in [-0.4, -0.2) is 36.7 Å². The first-order valence-corrected chi connectivity index (χ1v) is 5.33. The van der Waals surface area contributed by atoms with Crippen LogP contribution >= 0.6 is 0 Å². The van der Waals surface area contributed by atoms with E-state index < -0.39 is 18.6 Å². The summed E-state index contributed by atoms with van der Waals surface area (Å²) in [7, 11) is 3.37. The maximum Gasteiger partial charge on any atom is 0.387 e. The summed E-state index contributed by atoms with van der Waals surface area (Å²) in [4.78, 5) is 12.5. The number of carbonyl (C=O) groups is 1. The number of nitrogens with zero attached hydrogens (tertiary/aromatic N) is 1. The Morgan fingerprint density at radius 2 is 2.00 bits per heavy atom. The lowest BCUT2D eigenvalue weighted by molar-refractivity contribution is -0.138. The Morgan fingerprint density at radius 1 is 1.39 bits per heavy atom. The van der Waals surface area contributed by atoms with E-state index in [4.69, 9.17) is 5.11 Å². The third kappa shape index (κ3) is 3.96. The molecule has 0 aromatic heterocycles. The molecule has 0 saturated carbocycles. The Morgan fingerprint density at radius 3 is 2.50 bits per heavy atom. The van der Waals surface area contributed by atoms with Crippen molar-refractivity contribution in [1.29, 1.82) is 0 Å². The second-order valence-electron chi connectivity index (χ2n) is 3.99. The van der Waals surface area contributed by atoms with E-state index in [2.05, 4.69) is 4.74 Å². The Hall–Kier alpha value is -1.69. The average molecular weight is 259 g/mol. The average Bonchev–Trinajstić information content (AvgIpc) is 2.25. The van der Waals surface area contributed by atoms with Crippen molar-refractivity contribution in [3.05, 3.63) is 29.8 Å². The van der Waals surface area contributed by atoms with Gasteiger partial charge in [-0.2, -0.15) is 8.78 Å². The standard InChI is InChI=1S/C12H15F2NO3/c1-15(2)9(7-11(16)17)8-5-3-4-6-10(8)18-12(13)14/h3-6,9,12H,7H2,1-2H3,(H,16,17). The minimum Gasteiger partial charge on any atom is -0.481 e. The molecule has 1 N–H and O–H groups in total. The lowest BCUT2D eigenvalue weighted by atomic mass is 10.0. The van der Waals surface area contributed by atoms with Crippen molar-refractivity contribution in [2.24, 2.45) is 0 Å². The van der Waals surface area contributed by atoms with Crippen LogP contribution in [0.5, 0.6) is 5.75 Å². The number of carboxylic acid groups (broad SMARTS) is 1. The van der Waals surface area contributed by atoms with Gasteiger partial charge in [0.1, 0.15) is 5.75 Å². The Kier molecular flexibility index (Phi) is 5.03. The predicted molar refractivity (Wildman–Crippen MR) is 61.8 cm³/mol. The van der Waals surface area contributed by atoms with Crippen molar-refractivity contribution in [3.8, 4) is 5.75 Å². The molecular formula is C12H15F2NO3. The van der Waals surface area contributed by atoms with Crippen molar-refractivity contribution < 1.29 is 23.4 Å². The van der Waals surface area contributed by atoms with E-state index in [1.54, 1.807) is 37.2 Å². The molecule has 0 aliphatic carbocycles. The van der Waals surface area contributed by atoms with Crippen LogP contribution < -0.4 is 4.74 Å². The summed E-state index contributed by atoms with van der Waals surface area (Å²) in [6.45, 7) is -2.93. The fourth-order valence-electron chi connectivity index (χ4n) is 1.70. The topological polar surface area (TPSA) is 49.8 Å². The normalized spacial score (nSPS) is 12.8. The molecule has 1 unspecified atom stereocenters. The van der Waals surface area contributed by atoms with Crippen LogP contribution in [0.15, 0.2) is 24.3 Å². The number of alkyl halides is 2. The van der Waals surface area contributed by atoms with E-state index in [1.807, 2.05) is 0 Å². The fourth-order valence-corrected chi connectivity index (χ4v) is 1.70. The van der Waals surface area contributed by atoms with Crippen molar-refractivity contribution in [2.75, 3.05) is 14.1 Å². The SMILES string of the molecule is CN(C)C(CC(=O)O)c1ccccc1OC(F)F. The van der Waals surface area contributed by atoms with E-state index in [9.17, 15) is 13.6 Å². The fraction of sp³-hybridized carbons (Fsp3) is 0.417. The van der Waals surface area contributed by atoms with Gasteiger partial charge in [0.05, 0.1) is 6.42 Å². The van der Waals surface area contributed by atoms with Gasteiger partial charge in [-0.3, -0.25) is 4.79 Å². The van der Waals surface area contributed by atoms with Gasteiger partial charge in [0, 0.05) is 11.6 Å². The van der Waals surface area contributed by atoms with E-state index in [0.717, 1.165) is 0 Å². The van der Waals surface area contributed by atoms with Crippen LogP contribution in [0.3, 0.4) is 0 Å². The second-order valence-corrected chi connectivity index (χ2v) is 3.99. The van der Waals surface area contributed by atoms with Gasteiger partial charge in [-0.25, -0.2) is 0 Å². The monoisotopic (exact) mass is 259 g/mol. The Labute approximate surface area is 104 Å². The molecule has 1 atom stereocenters. The van der Waals surface area contributed by atoms with Gasteiger partial charge in [-0.1, -0.05) is 18.2 Å². The van der Waals surface area contributed by atoms with Crippen LogP contribution in [0.25, 0.3) is 0 Å². The summed E-state index contributed by atoms with van der Waals surface area (Å²) in [6, 6.07) is 5.70. The summed E-state index contributed by atoms with van der Waals surface area (Å²) in [5, 5.41) is 8.85. The smallest absolute Gasteiger partial charge is 0.387 e. The molecule has 0 fully saturated rings. The van der Waals surface area contributed by atoms with Crippen LogP contribution in [0, 0.1) is 0 Å². The van der Waals surface area contributed by atoms with Crippen LogP contribution in [0.1, 0.15) is 18.0 Å². The van der Waals surface area contributed by atoms with E-state index in [-0.39, 0.29) is 12.2 Å². The minimum absolute atomic E-state index is 0.00690. The molecule has 6 heteroatoms. The van der Waals surface area contributed by atoms with Gasteiger partial charge in [-0.05, 0) is 20.2 Å². The molecular weight excluding hydrogens is 244 g/mol. The number of carboxylic acids is 1. The molecule has 1 aromatic rings. The zero-order valence-electron chi connectivity index (χ0n) is 10.1. The Balaban J connectivity index is 3.06. The molecule has 100 valence electrons. The zero-order chi connectivity index (χ0) is 13.7. The number of hydrogen-bond acceptors (Lipinski definition) is 3. The molecule has 4 nitrogen and oxygen atoms in total. The first-order chi connectivity index (χ1) is 8.41. The third-order valence-electron chi connectivity index (χ3n) is 2.49. The number of halogens is 2. The molecule has 1 aromatic carbocycles. The first kappa shape index (κ1) is 14.4.